The molecule has 6 aromatic carbocycles. The summed E-state index contributed by atoms with van der Waals surface area (Å²) >= 11 is 0. The van der Waals surface area contributed by atoms with E-state index in [4.69, 9.17) is 19.4 Å². The van der Waals surface area contributed by atoms with Gasteiger partial charge in [0.1, 0.15) is 11.2 Å². The van der Waals surface area contributed by atoms with Crippen LogP contribution in [0, 0.1) is 29.1 Å². The van der Waals surface area contributed by atoms with Gasteiger partial charge < -0.3 is 4.42 Å². The van der Waals surface area contributed by atoms with E-state index in [9.17, 15) is 5.26 Å². The number of fused-ring (bicyclic) bond motifs is 4. The third kappa shape index (κ3) is 4.93. The van der Waals surface area contributed by atoms with Crippen molar-refractivity contribution in [2.45, 2.75) is 43.9 Å². The number of hydrogen-bond donors (Lipinski definition) is 0. The van der Waals surface area contributed by atoms with E-state index in [0.717, 1.165) is 78.3 Å². The molecule has 5 nitrogen and oxygen atoms in total. The van der Waals surface area contributed by atoms with Crippen molar-refractivity contribution < 1.29 is 4.42 Å². The molecule has 2 heterocycles. The third-order valence-corrected chi connectivity index (χ3v) is 12.6. The maximum atomic E-state index is 9.71. The van der Waals surface area contributed by atoms with E-state index in [1.54, 1.807) is 0 Å². The number of benzene rings is 6. The molecule has 4 bridgehead atoms. The van der Waals surface area contributed by atoms with Crippen LogP contribution in [-0.2, 0) is 5.41 Å². The van der Waals surface area contributed by atoms with Gasteiger partial charge in [-0.05, 0) is 102 Å². The molecule has 0 N–H and O–H groups in total. The van der Waals surface area contributed by atoms with E-state index in [1.807, 2.05) is 54.6 Å². The predicted octanol–water partition coefficient (Wildman–Crippen LogP) is 11.9. The van der Waals surface area contributed by atoms with Gasteiger partial charge in [-0.25, -0.2) is 15.0 Å². The van der Waals surface area contributed by atoms with E-state index >= 15 is 0 Å². The molecular formula is C48H36N4O. The van der Waals surface area contributed by atoms with Gasteiger partial charge in [-0.2, -0.15) is 5.26 Å². The molecule has 254 valence electrons. The Labute approximate surface area is 308 Å². The zero-order valence-electron chi connectivity index (χ0n) is 29.3. The molecule has 8 aromatic rings. The average Bonchev–Trinajstić information content (AvgIpc) is 3.59. The molecule has 0 amide bonds. The van der Waals surface area contributed by atoms with E-state index < -0.39 is 0 Å². The van der Waals surface area contributed by atoms with Crippen molar-refractivity contribution in [2.24, 2.45) is 17.8 Å². The maximum Gasteiger partial charge on any atom is 0.167 e. The molecule has 12 rings (SSSR count). The summed E-state index contributed by atoms with van der Waals surface area (Å²) in [6, 6.07) is 46.3. The summed E-state index contributed by atoms with van der Waals surface area (Å²) in [6.45, 7) is 0. The van der Waals surface area contributed by atoms with Crippen molar-refractivity contribution in [3.05, 3.63) is 139 Å². The van der Waals surface area contributed by atoms with Crippen LogP contribution in [0.15, 0.2) is 132 Å². The van der Waals surface area contributed by atoms with Gasteiger partial charge in [-0.15, -0.1) is 0 Å². The van der Waals surface area contributed by atoms with E-state index in [-0.39, 0.29) is 0 Å². The predicted molar refractivity (Wildman–Crippen MR) is 211 cm³/mol. The van der Waals surface area contributed by atoms with Crippen molar-refractivity contribution in [2.75, 3.05) is 0 Å². The van der Waals surface area contributed by atoms with Gasteiger partial charge in [0.05, 0.1) is 17.2 Å². The molecular weight excluding hydrogens is 649 g/mol. The number of furan rings is 1. The van der Waals surface area contributed by atoms with Crippen molar-refractivity contribution in [3.63, 3.8) is 0 Å². The Morgan fingerprint density at radius 3 is 1.75 bits per heavy atom. The summed E-state index contributed by atoms with van der Waals surface area (Å²) in [4.78, 5) is 15.4. The fourth-order valence-electron chi connectivity index (χ4n) is 10.6. The zero-order valence-corrected chi connectivity index (χ0v) is 29.3. The highest BCUT2D eigenvalue weighted by Gasteiger charge is 2.51. The summed E-state index contributed by atoms with van der Waals surface area (Å²) in [7, 11) is 0. The molecule has 0 saturated heterocycles. The molecule has 0 atom stereocenters. The Morgan fingerprint density at radius 1 is 0.509 bits per heavy atom. The second-order valence-electron chi connectivity index (χ2n) is 15.8. The number of nitrogens with zero attached hydrogens (tertiary/aromatic N) is 4. The van der Waals surface area contributed by atoms with Crippen LogP contribution in [0.25, 0.3) is 78.0 Å². The lowest BCUT2D eigenvalue weighted by atomic mass is 9.48. The molecule has 53 heavy (non-hydrogen) atoms. The number of para-hydroxylation sites is 2. The van der Waals surface area contributed by atoms with Gasteiger partial charge in [-0.1, -0.05) is 109 Å². The van der Waals surface area contributed by atoms with E-state index in [0.29, 0.717) is 28.5 Å². The molecule has 0 spiro atoms. The first-order valence-electron chi connectivity index (χ1n) is 18.9. The second kappa shape index (κ2) is 11.7. The van der Waals surface area contributed by atoms with Gasteiger partial charge in [-0.3, -0.25) is 0 Å². The first kappa shape index (κ1) is 30.5. The highest BCUT2D eigenvalue weighted by atomic mass is 16.3. The molecule has 0 unspecified atom stereocenters. The van der Waals surface area contributed by atoms with Crippen LogP contribution >= 0.6 is 0 Å². The summed E-state index contributed by atoms with van der Waals surface area (Å²) in [5.41, 5.74) is 9.00. The van der Waals surface area contributed by atoms with Crippen LogP contribution in [0.3, 0.4) is 0 Å². The Kier molecular flexibility index (Phi) is 6.73. The monoisotopic (exact) mass is 684 g/mol. The fourth-order valence-corrected chi connectivity index (χ4v) is 10.6. The molecule has 4 fully saturated rings. The first-order valence-corrected chi connectivity index (χ1v) is 18.9. The largest absolute Gasteiger partial charge is 0.455 e. The van der Waals surface area contributed by atoms with Crippen molar-refractivity contribution in [3.8, 4) is 51.4 Å². The van der Waals surface area contributed by atoms with E-state index in [1.165, 1.54) is 44.1 Å². The minimum absolute atomic E-state index is 0.335. The van der Waals surface area contributed by atoms with Gasteiger partial charge in [0, 0.05) is 27.3 Å². The van der Waals surface area contributed by atoms with Crippen molar-refractivity contribution in [1.82, 2.24) is 15.0 Å². The maximum absolute atomic E-state index is 9.71. The Morgan fingerprint density at radius 2 is 1.08 bits per heavy atom. The van der Waals surface area contributed by atoms with Crippen LogP contribution in [0.1, 0.15) is 49.7 Å². The lowest BCUT2D eigenvalue weighted by Crippen LogP contribution is -2.48. The van der Waals surface area contributed by atoms with Crippen molar-refractivity contribution >= 4 is 32.7 Å². The van der Waals surface area contributed by atoms with Gasteiger partial charge in [0.25, 0.3) is 0 Å². The first-order chi connectivity index (χ1) is 26.1. The van der Waals surface area contributed by atoms with Crippen LogP contribution in [0.4, 0.5) is 0 Å². The Balaban J connectivity index is 1.03. The van der Waals surface area contributed by atoms with Crippen LogP contribution in [0.5, 0.6) is 0 Å². The zero-order chi connectivity index (χ0) is 35.1. The number of rotatable bonds is 5. The lowest BCUT2D eigenvalue weighted by Gasteiger charge is -2.57. The molecule has 0 radical (unpaired) electrons. The summed E-state index contributed by atoms with van der Waals surface area (Å²) in [6.07, 6.45) is 8.35. The van der Waals surface area contributed by atoms with Crippen molar-refractivity contribution in [1.29, 1.82) is 5.26 Å². The summed E-state index contributed by atoms with van der Waals surface area (Å²) in [5.74, 6) is 4.55. The molecule has 4 aliphatic rings. The summed E-state index contributed by atoms with van der Waals surface area (Å²) < 4.78 is 6.46. The Hall–Kier alpha value is -6.12. The molecule has 2 aromatic heterocycles. The third-order valence-electron chi connectivity index (χ3n) is 12.6. The minimum Gasteiger partial charge on any atom is -0.455 e. The van der Waals surface area contributed by atoms with Gasteiger partial charge >= 0.3 is 0 Å². The van der Waals surface area contributed by atoms with E-state index in [2.05, 4.69) is 78.9 Å². The number of hydrogen-bond acceptors (Lipinski definition) is 5. The molecule has 4 aliphatic carbocycles. The van der Waals surface area contributed by atoms with Crippen LogP contribution < -0.4 is 0 Å². The van der Waals surface area contributed by atoms with Gasteiger partial charge in [0.15, 0.2) is 17.5 Å². The molecule has 5 heteroatoms. The van der Waals surface area contributed by atoms with Gasteiger partial charge in [0.2, 0.25) is 0 Å². The average molecular weight is 685 g/mol. The molecule has 4 saturated carbocycles. The highest BCUT2D eigenvalue weighted by Crippen LogP contribution is 2.60. The summed E-state index contributed by atoms with van der Waals surface area (Å²) in [5, 5.41) is 13.8. The second-order valence-corrected chi connectivity index (χ2v) is 15.8. The Bertz CT molecular complexity index is 2740. The topological polar surface area (TPSA) is 75.6 Å². The molecule has 0 aliphatic heterocycles. The van der Waals surface area contributed by atoms with Crippen LogP contribution in [-0.4, -0.2) is 15.0 Å². The lowest BCUT2D eigenvalue weighted by molar-refractivity contribution is -0.00518. The standard InChI is InChI=1S/C48H36N4O/c49-28-35-18-21-38(39-7-2-1-6-37(35)39)32-12-14-33(15-13-32)45-50-46(34-16-19-36(20-17-34)48-25-29-22-30(26-48)24-31(23-29)27-48)52-47(51-45)42-10-5-9-41-40-8-3-4-11-43(40)53-44(41)42/h1-21,29-31H,22-27H2. The highest BCUT2D eigenvalue weighted by molar-refractivity contribution is 6.09. The normalized spacial score (nSPS) is 21.8. The van der Waals surface area contributed by atoms with Crippen LogP contribution in [0.2, 0.25) is 0 Å². The minimum atomic E-state index is 0.335. The SMILES string of the molecule is N#Cc1ccc(-c2ccc(-c3nc(-c4ccc(C56CC7CC(CC(C7)C5)C6)cc4)nc(-c4cccc5c4oc4ccccc45)n3)cc2)c2ccccc12. The quantitative estimate of drug-likeness (QED) is 0.180. The smallest absolute Gasteiger partial charge is 0.167 e. The number of nitriles is 1. The fraction of sp³-hybridized carbons (Fsp3) is 0.208. The number of aromatic nitrogens is 3.